The number of hydrogen-bond acceptors (Lipinski definition) is 11. The van der Waals surface area contributed by atoms with Crippen LogP contribution in [-0.2, 0) is 29.4 Å². The maximum absolute atomic E-state index is 15.1. The third-order valence-electron chi connectivity index (χ3n) is 5.71. The molecule has 4 saturated heterocycles. The summed E-state index contributed by atoms with van der Waals surface area (Å²) < 4.78 is 61.0. The van der Waals surface area contributed by atoms with Crippen LogP contribution in [0.2, 0.25) is 0 Å². The number of aliphatic hydroxyl groups excluding tert-OH is 1. The average molecular weight is 508 g/mol. The van der Waals surface area contributed by atoms with E-state index in [4.69, 9.17) is 18.3 Å². The largest absolute Gasteiger partial charge is 0.486 e. The fraction of sp³-hybridized carbons (Fsp3) is 0.316. The summed E-state index contributed by atoms with van der Waals surface area (Å²) >= 11 is 0. The lowest BCUT2D eigenvalue weighted by Gasteiger charge is -2.39. The Morgan fingerprint density at radius 3 is 2.66 bits per heavy atom. The first-order valence-corrected chi connectivity index (χ1v) is 11.7. The normalized spacial score (nSPS) is 29.6. The number of pyridine rings is 1. The van der Waals surface area contributed by atoms with Crippen molar-refractivity contribution < 1.29 is 41.6 Å². The highest BCUT2D eigenvalue weighted by Gasteiger charge is 2.91. The molecule has 6 heterocycles. The predicted octanol–water partition coefficient (Wildman–Crippen LogP) is 2.38. The van der Waals surface area contributed by atoms with Crippen LogP contribution < -0.4 is 4.90 Å². The second-order valence-corrected chi connectivity index (χ2v) is 9.18. The summed E-state index contributed by atoms with van der Waals surface area (Å²) in [5.74, 6) is -5.35. The summed E-state index contributed by atoms with van der Waals surface area (Å²) in [4.78, 5) is 18.9. The Kier molecular flexibility index (Phi) is 4.63. The zero-order valence-electron chi connectivity index (χ0n) is 17.7. The van der Waals surface area contributed by atoms with E-state index in [1.807, 2.05) is 6.92 Å². The number of aryl methyl sites for hydroxylation is 1. The maximum atomic E-state index is 15.1. The highest BCUT2D eigenvalue weighted by Crippen LogP contribution is 2.81. The molecule has 2 aromatic heterocycles. The summed E-state index contributed by atoms with van der Waals surface area (Å²) in [5.41, 5.74) is 0.861. The zero-order chi connectivity index (χ0) is 24.6. The van der Waals surface area contributed by atoms with E-state index < -0.39 is 44.2 Å². The van der Waals surface area contributed by atoms with Crippen molar-refractivity contribution in [2.45, 2.75) is 31.3 Å². The van der Waals surface area contributed by atoms with Gasteiger partial charge in [-0.1, -0.05) is 6.07 Å². The van der Waals surface area contributed by atoms with Gasteiger partial charge in [0, 0.05) is 17.3 Å². The molecule has 0 saturated carbocycles. The number of rotatable bonds is 6. The van der Waals surface area contributed by atoms with Crippen LogP contribution in [-0.4, -0.2) is 60.9 Å². The lowest BCUT2D eigenvalue weighted by atomic mass is 10.0. The van der Waals surface area contributed by atoms with Crippen LogP contribution in [0, 0.1) is 5.82 Å². The molecule has 3 aromatic rings. The molecular formula is C19H15F2N6O7P. The highest BCUT2D eigenvalue weighted by molar-refractivity contribution is 7.50. The maximum Gasteiger partial charge on any atom is 0.486 e. The predicted molar refractivity (Wildman–Crippen MR) is 109 cm³/mol. The van der Waals surface area contributed by atoms with Crippen LogP contribution in [0.1, 0.15) is 6.92 Å². The Balaban J connectivity index is 1.32. The number of carbonyl (C=O) groups excluding carboxylic acids is 1. The van der Waals surface area contributed by atoms with Crippen molar-refractivity contribution in [1.82, 2.24) is 25.2 Å². The first-order valence-electron chi connectivity index (χ1n) is 10.3. The van der Waals surface area contributed by atoms with E-state index >= 15 is 4.39 Å². The smallest absolute Gasteiger partial charge is 0.404 e. The van der Waals surface area contributed by atoms with E-state index in [0.717, 1.165) is 6.07 Å². The summed E-state index contributed by atoms with van der Waals surface area (Å²) in [6.07, 6.45) is -1.84. The number of carbonyl (C=O) groups is 1. The van der Waals surface area contributed by atoms with Gasteiger partial charge in [-0.15, -0.1) is 10.2 Å². The molecule has 2 bridgehead atoms. The van der Waals surface area contributed by atoms with Crippen molar-refractivity contribution in [3.8, 4) is 22.6 Å². The van der Waals surface area contributed by atoms with E-state index in [1.54, 1.807) is 12.1 Å². The van der Waals surface area contributed by atoms with Crippen LogP contribution in [0.3, 0.4) is 0 Å². The van der Waals surface area contributed by atoms with Gasteiger partial charge in [0.05, 0.1) is 12.2 Å². The summed E-state index contributed by atoms with van der Waals surface area (Å²) in [5, 5.41) is 22.0. The van der Waals surface area contributed by atoms with Crippen LogP contribution >= 0.6 is 7.82 Å². The number of phosphoric acid groups is 1. The summed E-state index contributed by atoms with van der Waals surface area (Å²) in [6, 6.07) is 6.88. The van der Waals surface area contributed by atoms with Crippen molar-refractivity contribution in [3.05, 3.63) is 42.3 Å². The Morgan fingerprint density at radius 2 is 2.03 bits per heavy atom. The Bertz CT molecular complexity index is 1390. The molecule has 1 amide bonds. The Hall–Kier alpha value is -3.36. The number of aliphatic hydroxyl groups is 1. The van der Waals surface area contributed by atoms with Gasteiger partial charge in [0.15, 0.2) is 6.10 Å². The molecule has 2 atom stereocenters. The van der Waals surface area contributed by atoms with Gasteiger partial charge in [-0.3, -0.25) is 4.98 Å². The van der Waals surface area contributed by atoms with Crippen molar-refractivity contribution in [2.24, 2.45) is 0 Å². The molecule has 1 aromatic carbocycles. The fourth-order valence-corrected chi connectivity index (χ4v) is 5.79. The van der Waals surface area contributed by atoms with Gasteiger partial charge in [0.1, 0.15) is 18.2 Å². The number of benzene rings is 1. The minimum Gasteiger partial charge on any atom is -0.404 e. The monoisotopic (exact) mass is 508 g/mol. The molecule has 1 spiro atoms. The van der Waals surface area contributed by atoms with Crippen molar-refractivity contribution in [1.29, 1.82) is 0 Å². The molecule has 4 aliphatic rings. The number of phosphoric ester groups is 1. The van der Waals surface area contributed by atoms with Crippen molar-refractivity contribution in [2.75, 3.05) is 11.6 Å². The molecule has 13 nitrogen and oxygen atoms in total. The number of ether oxygens (including phenoxy) is 1. The quantitative estimate of drug-likeness (QED) is 0.489. The molecule has 16 heteroatoms. The number of hydrogen-bond donors (Lipinski definition) is 1. The van der Waals surface area contributed by atoms with Crippen LogP contribution in [0.4, 0.5) is 19.3 Å². The lowest BCUT2D eigenvalue weighted by molar-refractivity contribution is -0.282. The number of aromatic nitrogens is 5. The van der Waals surface area contributed by atoms with Crippen LogP contribution in [0.25, 0.3) is 22.6 Å². The van der Waals surface area contributed by atoms with Crippen LogP contribution in [0.15, 0.2) is 36.5 Å². The zero-order valence-corrected chi connectivity index (χ0v) is 18.6. The third-order valence-corrected chi connectivity index (χ3v) is 7.15. The first-order chi connectivity index (χ1) is 16.7. The van der Waals surface area contributed by atoms with E-state index in [0.29, 0.717) is 28.5 Å². The van der Waals surface area contributed by atoms with E-state index in [1.165, 1.54) is 23.1 Å². The van der Waals surface area contributed by atoms with Crippen molar-refractivity contribution in [3.63, 3.8) is 0 Å². The molecule has 35 heavy (non-hydrogen) atoms. The summed E-state index contributed by atoms with van der Waals surface area (Å²) in [7, 11) is -4.17. The van der Waals surface area contributed by atoms with Crippen LogP contribution in [0.5, 0.6) is 0 Å². The SMILES string of the molecule is CCn1nnc(-c2ccc(-c3ccc(N4C(=O)O[C@]5([C@@H](O)CF)OP6(=O)OC45O6)cc3F)cn2)n1. The fourth-order valence-electron chi connectivity index (χ4n) is 4.07. The second-order valence-electron chi connectivity index (χ2n) is 7.74. The van der Waals surface area contributed by atoms with Gasteiger partial charge in [0.25, 0.3) is 0 Å². The summed E-state index contributed by atoms with van der Waals surface area (Å²) in [6.45, 7) is 0.985. The minimum absolute atomic E-state index is 0.133. The second kappa shape index (κ2) is 7.32. The topological polar surface area (TPSA) is 151 Å². The molecule has 4 fully saturated rings. The molecule has 0 unspecified atom stereocenters. The van der Waals surface area contributed by atoms with Gasteiger partial charge in [-0.25, -0.2) is 36.6 Å². The number of tetrazole rings is 1. The molecule has 0 aliphatic carbocycles. The number of nitrogens with zero attached hydrogens (tertiary/aromatic N) is 6. The average Bonchev–Trinajstić information content (AvgIpc) is 3.52. The Morgan fingerprint density at radius 1 is 1.23 bits per heavy atom. The van der Waals surface area contributed by atoms with E-state index in [-0.39, 0.29) is 11.3 Å². The first kappa shape index (κ1) is 22.1. The number of anilines is 1. The van der Waals surface area contributed by atoms with Gasteiger partial charge >= 0.3 is 25.6 Å². The molecule has 4 aliphatic heterocycles. The number of amides is 1. The van der Waals surface area contributed by atoms with Gasteiger partial charge in [0.2, 0.25) is 5.82 Å². The Labute approximate surface area is 194 Å². The van der Waals surface area contributed by atoms with Gasteiger partial charge < -0.3 is 9.84 Å². The van der Waals surface area contributed by atoms with Gasteiger partial charge in [-0.2, -0.15) is 4.80 Å². The third kappa shape index (κ3) is 2.93. The molecule has 1 N–H and O–H groups in total. The van der Waals surface area contributed by atoms with Crippen molar-refractivity contribution >= 4 is 19.6 Å². The molecule has 182 valence electrons. The number of halogens is 2. The molecule has 0 radical (unpaired) electrons. The molecule has 7 rings (SSSR count). The highest BCUT2D eigenvalue weighted by atomic mass is 31.2. The number of alkyl halides is 1. The standard InChI is InChI=1S/C19H15F2N6O7P/c1-2-26-24-16(23-25-26)14-6-3-10(9-22-14)12-5-4-11(7-13(12)21)27-17(29)31-18(15(28)8-20)19(27)33-35(30,32-18)34-19/h3-7,9,15,28H,2,8H2,1H3/t15-,18+,19?,35?/m0/s1. The van der Waals surface area contributed by atoms with E-state index in [9.17, 15) is 18.9 Å². The minimum atomic E-state index is -4.17. The van der Waals surface area contributed by atoms with Gasteiger partial charge in [-0.05, 0) is 36.4 Å². The lowest BCUT2D eigenvalue weighted by Crippen LogP contribution is -2.64. The van der Waals surface area contributed by atoms with E-state index in [2.05, 4.69) is 20.4 Å². The molecular weight excluding hydrogens is 493 g/mol.